The maximum atomic E-state index is 11.6. The van der Waals surface area contributed by atoms with Crippen LogP contribution in [0.3, 0.4) is 0 Å². The van der Waals surface area contributed by atoms with Crippen LogP contribution in [-0.4, -0.2) is 12.6 Å². The van der Waals surface area contributed by atoms with Crippen LogP contribution >= 0.6 is 0 Å². The van der Waals surface area contributed by atoms with Crippen LogP contribution in [0.2, 0.25) is 0 Å². The molecule has 1 aliphatic carbocycles. The van der Waals surface area contributed by atoms with E-state index in [2.05, 4.69) is 13.8 Å². The minimum atomic E-state index is -0.0972. The third-order valence-corrected chi connectivity index (χ3v) is 3.92. The predicted octanol–water partition coefficient (Wildman–Crippen LogP) is 1.99. The third kappa shape index (κ3) is 0.782. The Labute approximate surface area is 73.3 Å². The van der Waals surface area contributed by atoms with Gasteiger partial charge in [-0.1, -0.05) is 13.8 Å². The highest BCUT2D eigenvalue weighted by molar-refractivity contribution is 5.79. The summed E-state index contributed by atoms with van der Waals surface area (Å²) in [5.41, 5.74) is -0.0972. The fourth-order valence-electron chi connectivity index (χ4n) is 2.95. The summed E-state index contributed by atoms with van der Waals surface area (Å²) in [5, 5.41) is 0. The molecule has 0 aromatic heterocycles. The first-order valence-corrected chi connectivity index (χ1v) is 4.85. The van der Waals surface area contributed by atoms with E-state index in [1.807, 2.05) is 0 Å². The SMILES string of the molecule is C[C@@H]1CC[C@H](C)C12CCOC2=O. The minimum absolute atomic E-state index is 0.0694. The Kier molecular flexibility index (Phi) is 1.67. The fourth-order valence-corrected chi connectivity index (χ4v) is 2.95. The molecule has 3 atom stereocenters. The van der Waals surface area contributed by atoms with Gasteiger partial charge in [-0.15, -0.1) is 0 Å². The van der Waals surface area contributed by atoms with Gasteiger partial charge in [-0.3, -0.25) is 4.79 Å². The molecule has 0 amide bonds. The summed E-state index contributed by atoms with van der Waals surface area (Å²) in [6, 6.07) is 0. The van der Waals surface area contributed by atoms with Crippen LogP contribution in [0, 0.1) is 17.3 Å². The summed E-state index contributed by atoms with van der Waals surface area (Å²) in [4.78, 5) is 11.6. The van der Waals surface area contributed by atoms with E-state index < -0.39 is 0 Å². The summed E-state index contributed by atoms with van der Waals surface area (Å²) < 4.78 is 5.09. The van der Waals surface area contributed by atoms with Gasteiger partial charge in [0.2, 0.25) is 0 Å². The molecule has 2 aliphatic rings. The lowest BCUT2D eigenvalue weighted by Crippen LogP contribution is -2.34. The second-order valence-electron chi connectivity index (χ2n) is 4.31. The van der Waals surface area contributed by atoms with Crippen LogP contribution in [0.1, 0.15) is 33.1 Å². The van der Waals surface area contributed by atoms with E-state index in [0.29, 0.717) is 18.4 Å². The van der Waals surface area contributed by atoms with E-state index in [1.54, 1.807) is 0 Å². The van der Waals surface area contributed by atoms with Crippen LogP contribution in [0.15, 0.2) is 0 Å². The van der Waals surface area contributed by atoms with E-state index in [4.69, 9.17) is 4.74 Å². The number of hydrogen-bond acceptors (Lipinski definition) is 2. The molecular formula is C10H16O2. The van der Waals surface area contributed by atoms with Crippen molar-refractivity contribution < 1.29 is 9.53 Å². The normalized spacial score (nSPS) is 47.0. The molecule has 2 rings (SSSR count). The van der Waals surface area contributed by atoms with Gasteiger partial charge in [-0.05, 0) is 31.1 Å². The van der Waals surface area contributed by atoms with Gasteiger partial charge >= 0.3 is 5.97 Å². The Bertz CT molecular complexity index is 200. The zero-order chi connectivity index (χ0) is 8.77. The molecule has 1 spiro atoms. The van der Waals surface area contributed by atoms with Gasteiger partial charge in [0, 0.05) is 0 Å². The molecule has 2 nitrogen and oxygen atoms in total. The summed E-state index contributed by atoms with van der Waals surface area (Å²) in [6.45, 7) is 5.03. The number of hydrogen-bond donors (Lipinski definition) is 0. The van der Waals surface area contributed by atoms with Crippen molar-refractivity contribution in [3.8, 4) is 0 Å². The summed E-state index contributed by atoms with van der Waals surface area (Å²) in [6.07, 6.45) is 3.33. The lowest BCUT2D eigenvalue weighted by Gasteiger charge is -2.28. The van der Waals surface area contributed by atoms with Crippen molar-refractivity contribution in [1.82, 2.24) is 0 Å². The monoisotopic (exact) mass is 168 g/mol. The molecular weight excluding hydrogens is 152 g/mol. The van der Waals surface area contributed by atoms with Gasteiger partial charge in [0.25, 0.3) is 0 Å². The van der Waals surface area contributed by atoms with E-state index >= 15 is 0 Å². The molecule has 1 aliphatic heterocycles. The average molecular weight is 168 g/mol. The second kappa shape index (κ2) is 2.48. The first-order valence-electron chi connectivity index (χ1n) is 4.85. The van der Waals surface area contributed by atoms with Gasteiger partial charge in [0.15, 0.2) is 0 Å². The van der Waals surface area contributed by atoms with Gasteiger partial charge in [0.05, 0.1) is 12.0 Å². The van der Waals surface area contributed by atoms with Crippen molar-refractivity contribution in [3.63, 3.8) is 0 Å². The summed E-state index contributed by atoms with van der Waals surface area (Å²) in [5.74, 6) is 1.13. The molecule has 0 bridgehead atoms. The molecule has 12 heavy (non-hydrogen) atoms. The average Bonchev–Trinajstić information content (AvgIpc) is 2.53. The Balaban J connectivity index is 2.32. The van der Waals surface area contributed by atoms with Crippen LogP contribution in [0.4, 0.5) is 0 Å². The van der Waals surface area contributed by atoms with Crippen molar-refractivity contribution in [1.29, 1.82) is 0 Å². The number of ether oxygens (including phenoxy) is 1. The number of carbonyl (C=O) groups is 1. The molecule has 0 aromatic carbocycles. The molecule has 1 unspecified atom stereocenters. The van der Waals surface area contributed by atoms with E-state index in [1.165, 1.54) is 12.8 Å². The van der Waals surface area contributed by atoms with E-state index in [9.17, 15) is 4.79 Å². The second-order valence-corrected chi connectivity index (χ2v) is 4.31. The maximum absolute atomic E-state index is 11.6. The Morgan fingerprint density at radius 2 is 1.92 bits per heavy atom. The Morgan fingerprint density at radius 1 is 1.33 bits per heavy atom. The van der Waals surface area contributed by atoms with Crippen molar-refractivity contribution in [3.05, 3.63) is 0 Å². The van der Waals surface area contributed by atoms with Crippen LogP contribution in [0.25, 0.3) is 0 Å². The lowest BCUT2D eigenvalue weighted by atomic mass is 9.72. The molecule has 1 saturated carbocycles. The van der Waals surface area contributed by atoms with Crippen molar-refractivity contribution >= 4 is 5.97 Å². The Hall–Kier alpha value is -0.530. The number of cyclic esters (lactones) is 1. The van der Waals surface area contributed by atoms with Gasteiger partial charge in [-0.2, -0.15) is 0 Å². The predicted molar refractivity (Wildman–Crippen MR) is 45.6 cm³/mol. The van der Waals surface area contributed by atoms with Gasteiger partial charge < -0.3 is 4.74 Å². The van der Waals surface area contributed by atoms with Crippen molar-refractivity contribution in [2.75, 3.05) is 6.61 Å². The zero-order valence-electron chi connectivity index (χ0n) is 7.80. The molecule has 1 saturated heterocycles. The largest absolute Gasteiger partial charge is 0.465 e. The van der Waals surface area contributed by atoms with E-state index in [-0.39, 0.29) is 11.4 Å². The van der Waals surface area contributed by atoms with Gasteiger partial charge in [0.1, 0.15) is 0 Å². The van der Waals surface area contributed by atoms with Crippen molar-refractivity contribution in [2.45, 2.75) is 33.1 Å². The minimum Gasteiger partial charge on any atom is -0.465 e. The smallest absolute Gasteiger partial charge is 0.312 e. The summed E-state index contributed by atoms with van der Waals surface area (Å²) in [7, 11) is 0. The molecule has 0 aromatic rings. The first kappa shape index (κ1) is 8.09. The third-order valence-electron chi connectivity index (χ3n) is 3.92. The highest BCUT2D eigenvalue weighted by Gasteiger charge is 2.55. The molecule has 68 valence electrons. The van der Waals surface area contributed by atoms with Crippen LogP contribution < -0.4 is 0 Å². The topological polar surface area (TPSA) is 26.3 Å². The molecule has 2 fully saturated rings. The number of rotatable bonds is 0. The van der Waals surface area contributed by atoms with Gasteiger partial charge in [-0.25, -0.2) is 0 Å². The molecule has 0 radical (unpaired) electrons. The van der Waals surface area contributed by atoms with Crippen LogP contribution in [0.5, 0.6) is 0 Å². The highest BCUT2D eigenvalue weighted by Crippen LogP contribution is 2.53. The van der Waals surface area contributed by atoms with Crippen LogP contribution in [-0.2, 0) is 9.53 Å². The molecule has 1 heterocycles. The fraction of sp³-hybridized carbons (Fsp3) is 0.900. The quantitative estimate of drug-likeness (QED) is 0.517. The zero-order valence-corrected chi connectivity index (χ0v) is 7.80. The van der Waals surface area contributed by atoms with E-state index in [0.717, 1.165) is 6.42 Å². The maximum Gasteiger partial charge on any atom is 0.312 e. The molecule has 2 heteroatoms. The summed E-state index contributed by atoms with van der Waals surface area (Å²) >= 11 is 0. The standard InChI is InChI=1S/C10H16O2/c1-7-3-4-8(2)10(7)5-6-12-9(10)11/h7-8H,3-6H2,1-2H3/t7-,8+,10?. The number of esters is 1. The number of carbonyl (C=O) groups excluding carboxylic acids is 1. The first-order chi connectivity index (χ1) is 5.68. The highest BCUT2D eigenvalue weighted by atomic mass is 16.5. The van der Waals surface area contributed by atoms with Crippen molar-refractivity contribution in [2.24, 2.45) is 17.3 Å². The lowest BCUT2D eigenvalue weighted by molar-refractivity contribution is -0.149. The Morgan fingerprint density at radius 3 is 2.33 bits per heavy atom. The molecule has 0 N–H and O–H groups in total.